The highest BCUT2D eigenvalue weighted by molar-refractivity contribution is 5.64. The van der Waals surface area contributed by atoms with Crippen molar-refractivity contribution in [2.45, 2.75) is 25.3 Å². The van der Waals surface area contributed by atoms with Crippen molar-refractivity contribution in [2.24, 2.45) is 7.05 Å². The maximum absolute atomic E-state index is 10.9. The lowest BCUT2D eigenvalue weighted by Gasteiger charge is -2.32. The molecule has 2 heterocycles. The lowest BCUT2D eigenvalue weighted by molar-refractivity contribution is -0.109. The predicted molar refractivity (Wildman–Crippen MR) is 54.3 cm³/mol. The van der Waals surface area contributed by atoms with Crippen LogP contribution in [0, 0.1) is 0 Å². The minimum atomic E-state index is 0.0184. The van der Waals surface area contributed by atoms with Gasteiger partial charge in [0.2, 0.25) is 5.95 Å². The summed E-state index contributed by atoms with van der Waals surface area (Å²) >= 11 is 0. The summed E-state index contributed by atoms with van der Waals surface area (Å²) in [5.74, 6) is 0.904. The van der Waals surface area contributed by atoms with Crippen LogP contribution in [0.1, 0.15) is 19.3 Å². The van der Waals surface area contributed by atoms with Gasteiger partial charge in [-0.3, -0.25) is 0 Å². The number of hydrogen-bond acceptors (Lipinski definition) is 3. The van der Waals surface area contributed by atoms with E-state index in [0.29, 0.717) is 0 Å². The predicted octanol–water partition coefficient (Wildman–Crippen LogP) is 0.978. The van der Waals surface area contributed by atoms with Crippen LogP contribution in [0.5, 0.6) is 0 Å². The third-order valence-electron chi connectivity index (χ3n) is 2.76. The van der Waals surface area contributed by atoms with E-state index in [1.807, 2.05) is 17.8 Å². The molecule has 0 spiro atoms. The van der Waals surface area contributed by atoms with Gasteiger partial charge in [-0.25, -0.2) is 4.98 Å². The van der Waals surface area contributed by atoms with E-state index in [4.69, 9.17) is 0 Å². The molecular weight excluding hydrogens is 178 g/mol. The Kier molecular flexibility index (Phi) is 2.52. The van der Waals surface area contributed by atoms with E-state index in [2.05, 4.69) is 9.88 Å². The zero-order chi connectivity index (χ0) is 9.97. The van der Waals surface area contributed by atoms with E-state index in [1.165, 1.54) is 0 Å². The van der Waals surface area contributed by atoms with E-state index in [9.17, 15) is 4.79 Å². The molecule has 0 aliphatic carbocycles. The number of rotatable bonds is 2. The standard InChI is InChI=1S/C10H15N3O/c1-12-7-5-11-10(12)13-6-3-2-4-9(13)8-14/h5,7-9H,2-4,6H2,1H3. The van der Waals surface area contributed by atoms with Crippen molar-refractivity contribution >= 4 is 12.2 Å². The first-order valence-electron chi connectivity index (χ1n) is 5.02. The Bertz CT molecular complexity index is 321. The number of anilines is 1. The van der Waals surface area contributed by atoms with Crippen LogP contribution in [0.25, 0.3) is 0 Å². The van der Waals surface area contributed by atoms with Gasteiger partial charge in [-0.05, 0) is 19.3 Å². The molecule has 2 rings (SSSR count). The van der Waals surface area contributed by atoms with Crippen LogP contribution >= 0.6 is 0 Å². The van der Waals surface area contributed by atoms with Crippen molar-refractivity contribution < 1.29 is 4.79 Å². The molecule has 0 saturated carbocycles. The summed E-state index contributed by atoms with van der Waals surface area (Å²) in [4.78, 5) is 17.3. The number of carbonyl (C=O) groups excluding carboxylic acids is 1. The van der Waals surface area contributed by atoms with Crippen molar-refractivity contribution in [1.29, 1.82) is 0 Å². The van der Waals surface area contributed by atoms with Crippen molar-refractivity contribution in [3.05, 3.63) is 12.4 Å². The van der Waals surface area contributed by atoms with Crippen molar-refractivity contribution in [3.8, 4) is 0 Å². The number of nitrogens with zero attached hydrogens (tertiary/aromatic N) is 3. The maximum atomic E-state index is 10.9. The molecule has 1 aliphatic rings. The van der Waals surface area contributed by atoms with E-state index in [0.717, 1.165) is 38.0 Å². The van der Waals surface area contributed by atoms with E-state index in [1.54, 1.807) is 6.20 Å². The van der Waals surface area contributed by atoms with Crippen LogP contribution in [0.2, 0.25) is 0 Å². The molecule has 14 heavy (non-hydrogen) atoms. The van der Waals surface area contributed by atoms with Crippen LogP contribution < -0.4 is 4.90 Å². The average Bonchev–Trinajstić information content (AvgIpc) is 2.64. The van der Waals surface area contributed by atoms with Crippen molar-refractivity contribution in [1.82, 2.24) is 9.55 Å². The number of hydrogen-bond donors (Lipinski definition) is 0. The quantitative estimate of drug-likeness (QED) is 0.657. The normalized spacial score (nSPS) is 22.4. The van der Waals surface area contributed by atoms with Gasteiger partial charge in [-0.2, -0.15) is 0 Å². The van der Waals surface area contributed by atoms with Gasteiger partial charge in [0.1, 0.15) is 6.29 Å². The highest BCUT2D eigenvalue weighted by atomic mass is 16.1. The van der Waals surface area contributed by atoms with Gasteiger partial charge in [0.05, 0.1) is 6.04 Å². The van der Waals surface area contributed by atoms with Gasteiger partial charge in [-0.15, -0.1) is 0 Å². The van der Waals surface area contributed by atoms with Crippen LogP contribution in [-0.4, -0.2) is 28.4 Å². The Balaban J connectivity index is 2.23. The molecular formula is C10H15N3O. The largest absolute Gasteiger partial charge is 0.333 e. The summed E-state index contributed by atoms with van der Waals surface area (Å²) in [7, 11) is 1.96. The zero-order valence-electron chi connectivity index (χ0n) is 8.39. The second kappa shape index (κ2) is 3.82. The molecule has 1 aliphatic heterocycles. The van der Waals surface area contributed by atoms with Crippen LogP contribution in [0.4, 0.5) is 5.95 Å². The van der Waals surface area contributed by atoms with E-state index >= 15 is 0 Å². The fourth-order valence-electron chi connectivity index (χ4n) is 1.98. The molecule has 0 amide bonds. The Morgan fingerprint density at radius 3 is 3.07 bits per heavy atom. The monoisotopic (exact) mass is 193 g/mol. The van der Waals surface area contributed by atoms with Gasteiger partial charge in [0, 0.05) is 26.0 Å². The van der Waals surface area contributed by atoms with Gasteiger partial charge in [0.15, 0.2) is 0 Å². The van der Waals surface area contributed by atoms with Gasteiger partial charge < -0.3 is 14.3 Å². The smallest absolute Gasteiger partial charge is 0.205 e. The van der Waals surface area contributed by atoms with Gasteiger partial charge >= 0.3 is 0 Å². The van der Waals surface area contributed by atoms with E-state index in [-0.39, 0.29) is 6.04 Å². The second-order valence-electron chi connectivity index (χ2n) is 3.73. The summed E-state index contributed by atoms with van der Waals surface area (Å²) in [5.41, 5.74) is 0. The first-order chi connectivity index (χ1) is 6.83. The summed E-state index contributed by atoms with van der Waals surface area (Å²) in [6.07, 6.45) is 7.96. The fraction of sp³-hybridized carbons (Fsp3) is 0.600. The Hall–Kier alpha value is -1.32. The minimum absolute atomic E-state index is 0.0184. The summed E-state index contributed by atoms with van der Waals surface area (Å²) in [6.45, 7) is 0.939. The Morgan fingerprint density at radius 1 is 1.57 bits per heavy atom. The summed E-state index contributed by atoms with van der Waals surface area (Å²) < 4.78 is 1.96. The number of piperidine rings is 1. The molecule has 1 aromatic rings. The Labute approximate surface area is 83.5 Å². The molecule has 0 radical (unpaired) electrons. The minimum Gasteiger partial charge on any atom is -0.333 e. The lowest BCUT2D eigenvalue weighted by Crippen LogP contribution is -2.42. The molecule has 1 aromatic heterocycles. The average molecular weight is 193 g/mol. The highest BCUT2D eigenvalue weighted by Gasteiger charge is 2.24. The molecule has 1 atom stereocenters. The molecule has 0 N–H and O–H groups in total. The van der Waals surface area contributed by atoms with Crippen LogP contribution in [0.15, 0.2) is 12.4 Å². The molecule has 1 fully saturated rings. The first kappa shape index (κ1) is 9.24. The van der Waals surface area contributed by atoms with Gasteiger partial charge in [0.25, 0.3) is 0 Å². The molecule has 1 unspecified atom stereocenters. The number of aldehydes is 1. The van der Waals surface area contributed by atoms with Crippen molar-refractivity contribution in [2.75, 3.05) is 11.4 Å². The summed E-state index contributed by atoms with van der Waals surface area (Å²) in [5, 5.41) is 0. The SMILES string of the molecule is Cn1ccnc1N1CCCCC1C=O. The molecule has 0 aromatic carbocycles. The molecule has 76 valence electrons. The third-order valence-corrected chi connectivity index (χ3v) is 2.76. The number of imidazole rings is 1. The molecule has 4 nitrogen and oxygen atoms in total. The molecule has 4 heteroatoms. The Morgan fingerprint density at radius 2 is 2.43 bits per heavy atom. The number of aryl methyl sites for hydroxylation is 1. The number of carbonyl (C=O) groups is 1. The topological polar surface area (TPSA) is 38.1 Å². The lowest BCUT2D eigenvalue weighted by atomic mass is 10.0. The zero-order valence-corrected chi connectivity index (χ0v) is 8.39. The number of aromatic nitrogens is 2. The van der Waals surface area contributed by atoms with Gasteiger partial charge in [-0.1, -0.05) is 0 Å². The first-order valence-corrected chi connectivity index (χ1v) is 5.02. The third kappa shape index (κ3) is 1.52. The van der Waals surface area contributed by atoms with E-state index < -0.39 is 0 Å². The van der Waals surface area contributed by atoms with Crippen molar-refractivity contribution in [3.63, 3.8) is 0 Å². The fourth-order valence-corrected chi connectivity index (χ4v) is 1.98. The molecule has 1 saturated heterocycles. The second-order valence-corrected chi connectivity index (χ2v) is 3.73. The highest BCUT2D eigenvalue weighted by Crippen LogP contribution is 2.21. The van der Waals surface area contributed by atoms with Crippen LogP contribution in [-0.2, 0) is 11.8 Å². The maximum Gasteiger partial charge on any atom is 0.205 e. The van der Waals surface area contributed by atoms with Crippen LogP contribution in [0.3, 0.4) is 0 Å². The summed E-state index contributed by atoms with van der Waals surface area (Å²) in [6, 6.07) is 0.0184. The molecule has 0 bridgehead atoms.